The smallest absolute Gasteiger partial charge is 0.158 e. The highest BCUT2D eigenvalue weighted by Crippen LogP contribution is 2.43. The molecule has 1 fully saturated rings. The number of piperidine rings is 1. The van der Waals surface area contributed by atoms with E-state index in [9.17, 15) is 0 Å². The predicted molar refractivity (Wildman–Crippen MR) is 128 cm³/mol. The van der Waals surface area contributed by atoms with Gasteiger partial charge in [-0.2, -0.15) is 0 Å². The Labute approximate surface area is 196 Å². The van der Waals surface area contributed by atoms with Crippen LogP contribution in [0.1, 0.15) is 24.1 Å². The molecule has 0 saturated carbocycles. The number of nitrogen functional groups attached to an aromatic ring is 2. The minimum absolute atomic E-state index is 0.110. The van der Waals surface area contributed by atoms with E-state index in [1.165, 1.54) is 17.3 Å². The Balaban J connectivity index is 1.29. The van der Waals surface area contributed by atoms with Crippen molar-refractivity contribution in [2.45, 2.75) is 41.6 Å². The standard InChI is InChI=1S/C22H25ClN8S/c23-18-15(3-7-28-19(18)25)32-21-20(26)30-17(12-29-21)31-8-4-22(5-9-31)11-13-2-1-6-27-14(13)10-16(22)24/h1-3,6-7,12,16H,4-5,8-11,24H2,(H2,25,28)(H2,26,30)/t16-/m1/s1. The van der Waals surface area contributed by atoms with Gasteiger partial charge in [0.15, 0.2) is 5.82 Å². The highest BCUT2D eigenvalue weighted by atomic mass is 35.5. The van der Waals surface area contributed by atoms with E-state index >= 15 is 0 Å². The fraction of sp³-hybridized carbons (Fsp3) is 0.364. The van der Waals surface area contributed by atoms with Gasteiger partial charge in [-0.1, -0.05) is 29.4 Å². The van der Waals surface area contributed by atoms with Crippen molar-refractivity contribution in [3.05, 3.63) is 53.1 Å². The van der Waals surface area contributed by atoms with Gasteiger partial charge < -0.3 is 22.1 Å². The predicted octanol–water partition coefficient (Wildman–Crippen LogP) is 2.95. The van der Waals surface area contributed by atoms with Crippen molar-refractivity contribution in [2.75, 3.05) is 29.5 Å². The molecule has 6 N–H and O–H groups in total. The Hall–Kier alpha value is -2.62. The maximum absolute atomic E-state index is 6.65. The van der Waals surface area contributed by atoms with Gasteiger partial charge in [-0.3, -0.25) is 4.98 Å². The topological polar surface area (TPSA) is 133 Å². The summed E-state index contributed by atoms with van der Waals surface area (Å²) in [4.78, 5) is 20.7. The van der Waals surface area contributed by atoms with Crippen molar-refractivity contribution in [1.29, 1.82) is 0 Å². The summed E-state index contributed by atoms with van der Waals surface area (Å²) >= 11 is 7.57. The van der Waals surface area contributed by atoms with Crippen molar-refractivity contribution in [2.24, 2.45) is 11.1 Å². The molecular formula is C22H25ClN8S. The van der Waals surface area contributed by atoms with Crippen LogP contribution in [0.25, 0.3) is 0 Å². The number of anilines is 3. The number of nitrogens with zero attached hydrogens (tertiary/aromatic N) is 5. The van der Waals surface area contributed by atoms with Gasteiger partial charge >= 0.3 is 0 Å². The van der Waals surface area contributed by atoms with Crippen molar-refractivity contribution in [3.63, 3.8) is 0 Å². The van der Waals surface area contributed by atoms with Crippen LogP contribution in [0.15, 0.2) is 46.7 Å². The lowest BCUT2D eigenvalue weighted by Gasteiger charge is -2.48. The van der Waals surface area contributed by atoms with Gasteiger partial charge in [0, 0.05) is 48.5 Å². The zero-order valence-electron chi connectivity index (χ0n) is 17.5. The quantitative estimate of drug-likeness (QED) is 0.530. The van der Waals surface area contributed by atoms with Gasteiger partial charge in [0.05, 0.1) is 11.2 Å². The third-order valence-corrected chi connectivity index (χ3v) is 8.23. The first-order valence-corrected chi connectivity index (χ1v) is 11.8. The van der Waals surface area contributed by atoms with Crippen LogP contribution < -0.4 is 22.1 Å². The Morgan fingerprint density at radius 2 is 1.88 bits per heavy atom. The van der Waals surface area contributed by atoms with Crippen LogP contribution in [0.2, 0.25) is 5.02 Å². The van der Waals surface area contributed by atoms with Crippen LogP contribution >= 0.6 is 23.4 Å². The Kier molecular flexibility index (Phi) is 5.56. The lowest BCUT2D eigenvalue weighted by Crippen LogP contribution is -2.54. The van der Waals surface area contributed by atoms with Gasteiger partial charge in [0.2, 0.25) is 0 Å². The molecule has 4 heterocycles. The SMILES string of the molecule is Nc1nc(N2CCC3(CC2)Cc2cccnc2C[C@H]3N)cnc1Sc1ccnc(N)c1Cl. The lowest BCUT2D eigenvalue weighted by molar-refractivity contribution is 0.153. The lowest BCUT2D eigenvalue weighted by atomic mass is 9.64. The van der Waals surface area contributed by atoms with Gasteiger partial charge in [0.1, 0.15) is 16.7 Å². The van der Waals surface area contributed by atoms with E-state index < -0.39 is 0 Å². The van der Waals surface area contributed by atoms with Crippen LogP contribution in [-0.2, 0) is 12.8 Å². The molecule has 3 aromatic rings. The second-order valence-electron chi connectivity index (χ2n) is 8.48. The van der Waals surface area contributed by atoms with Crippen LogP contribution in [-0.4, -0.2) is 39.1 Å². The van der Waals surface area contributed by atoms with Crippen molar-refractivity contribution in [1.82, 2.24) is 19.9 Å². The molecule has 32 heavy (non-hydrogen) atoms. The third kappa shape index (κ3) is 3.85. The fourth-order valence-corrected chi connectivity index (χ4v) is 5.73. The molecule has 1 saturated heterocycles. The second kappa shape index (κ2) is 8.38. The average Bonchev–Trinajstić information content (AvgIpc) is 2.79. The summed E-state index contributed by atoms with van der Waals surface area (Å²) in [6, 6.07) is 6.11. The van der Waals surface area contributed by atoms with E-state index in [1.807, 2.05) is 12.3 Å². The minimum atomic E-state index is 0.110. The maximum atomic E-state index is 6.65. The first kappa shape index (κ1) is 21.2. The molecule has 1 spiro atoms. The molecule has 5 rings (SSSR count). The van der Waals surface area contributed by atoms with Crippen molar-refractivity contribution in [3.8, 4) is 0 Å². The minimum Gasteiger partial charge on any atom is -0.382 e. The zero-order valence-corrected chi connectivity index (χ0v) is 19.1. The number of pyridine rings is 2. The summed E-state index contributed by atoms with van der Waals surface area (Å²) in [6.45, 7) is 1.74. The third-order valence-electron chi connectivity index (χ3n) is 6.65. The van der Waals surface area contributed by atoms with E-state index in [2.05, 4.69) is 30.9 Å². The molecule has 0 radical (unpaired) electrons. The van der Waals surface area contributed by atoms with E-state index in [0.29, 0.717) is 15.9 Å². The summed E-state index contributed by atoms with van der Waals surface area (Å²) in [5.74, 6) is 1.43. The molecule has 0 amide bonds. The number of hydrogen-bond donors (Lipinski definition) is 3. The van der Waals surface area contributed by atoms with Gasteiger partial charge in [0.25, 0.3) is 0 Å². The summed E-state index contributed by atoms with van der Waals surface area (Å²) in [7, 11) is 0. The normalized spacial score (nSPS) is 19.7. The van der Waals surface area contributed by atoms with E-state index in [1.54, 1.807) is 18.5 Å². The molecule has 166 valence electrons. The number of fused-ring (bicyclic) bond motifs is 1. The van der Waals surface area contributed by atoms with E-state index in [4.69, 9.17) is 28.8 Å². The molecule has 1 atom stereocenters. The summed E-state index contributed by atoms with van der Waals surface area (Å²) in [6.07, 6.45) is 9.08. The van der Waals surface area contributed by atoms with Crippen LogP contribution in [0.3, 0.4) is 0 Å². The van der Waals surface area contributed by atoms with Gasteiger partial charge in [-0.05, 0) is 42.4 Å². The number of hydrogen-bond acceptors (Lipinski definition) is 9. The fourth-order valence-electron chi connectivity index (χ4n) is 4.72. The average molecular weight is 469 g/mol. The molecule has 8 nitrogen and oxygen atoms in total. The number of aromatic nitrogens is 4. The highest BCUT2D eigenvalue weighted by molar-refractivity contribution is 7.99. The zero-order chi connectivity index (χ0) is 22.3. The Bertz CT molecular complexity index is 1150. The van der Waals surface area contributed by atoms with E-state index in [0.717, 1.165) is 55.2 Å². The molecule has 10 heteroatoms. The Morgan fingerprint density at radius 3 is 2.66 bits per heavy atom. The van der Waals surface area contributed by atoms with Crippen LogP contribution in [0.4, 0.5) is 17.5 Å². The summed E-state index contributed by atoms with van der Waals surface area (Å²) in [5, 5.41) is 0.984. The van der Waals surface area contributed by atoms with Gasteiger partial charge in [-0.15, -0.1) is 0 Å². The molecule has 0 unspecified atom stereocenters. The number of nitrogens with two attached hydrogens (primary N) is 3. The number of rotatable bonds is 3. The summed E-state index contributed by atoms with van der Waals surface area (Å²) < 4.78 is 0. The monoisotopic (exact) mass is 468 g/mol. The first-order chi connectivity index (χ1) is 15.4. The van der Waals surface area contributed by atoms with Gasteiger partial charge in [-0.25, -0.2) is 15.0 Å². The molecular weight excluding hydrogens is 444 g/mol. The first-order valence-electron chi connectivity index (χ1n) is 10.6. The summed E-state index contributed by atoms with van der Waals surface area (Å²) in [5.41, 5.74) is 21.3. The van der Waals surface area contributed by atoms with Crippen LogP contribution in [0, 0.1) is 5.41 Å². The molecule has 3 aromatic heterocycles. The van der Waals surface area contributed by atoms with Crippen molar-refractivity contribution < 1.29 is 0 Å². The molecule has 1 aliphatic carbocycles. The largest absolute Gasteiger partial charge is 0.382 e. The molecule has 0 aromatic carbocycles. The van der Waals surface area contributed by atoms with E-state index in [-0.39, 0.29) is 17.3 Å². The second-order valence-corrected chi connectivity index (χ2v) is 9.88. The van der Waals surface area contributed by atoms with Crippen molar-refractivity contribution >= 4 is 40.8 Å². The molecule has 2 aliphatic rings. The van der Waals surface area contributed by atoms with Crippen LogP contribution in [0.5, 0.6) is 0 Å². The number of halogens is 1. The molecule has 1 aliphatic heterocycles. The maximum Gasteiger partial charge on any atom is 0.158 e. The Morgan fingerprint density at radius 1 is 1.06 bits per heavy atom. The molecule has 0 bridgehead atoms. The highest BCUT2D eigenvalue weighted by Gasteiger charge is 2.43.